The summed E-state index contributed by atoms with van der Waals surface area (Å²) in [4.78, 5) is 0.329. The summed E-state index contributed by atoms with van der Waals surface area (Å²) in [5, 5.41) is 4.38. The van der Waals surface area contributed by atoms with Gasteiger partial charge in [0.05, 0.1) is 11.7 Å². The highest BCUT2D eigenvalue weighted by Gasteiger charge is 2.24. The lowest BCUT2D eigenvalue weighted by Crippen LogP contribution is -2.25. The molecule has 0 atom stereocenters. The molecule has 5 nitrogen and oxygen atoms in total. The Balaban J connectivity index is 2.15. The van der Waals surface area contributed by atoms with Gasteiger partial charge in [-0.25, -0.2) is 13.1 Å². The highest BCUT2D eigenvalue weighted by Crippen LogP contribution is 2.30. The number of rotatable bonds is 6. The first-order valence-electron chi connectivity index (χ1n) is 7.10. The van der Waals surface area contributed by atoms with E-state index in [1.54, 1.807) is 13.1 Å². The van der Waals surface area contributed by atoms with Crippen molar-refractivity contribution in [3.8, 4) is 0 Å². The Morgan fingerprint density at radius 3 is 2.74 bits per heavy atom. The fourth-order valence-corrected chi connectivity index (χ4v) is 3.79. The predicted molar refractivity (Wildman–Crippen MR) is 74.6 cm³/mol. The number of aromatic nitrogens is 2. The molecule has 0 bridgehead atoms. The monoisotopic (exact) mass is 285 g/mol. The molecule has 1 aliphatic carbocycles. The van der Waals surface area contributed by atoms with Gasteiger partial charge in [0, 0.05) is 12.7 Å². The van der Waals surface area contributed by atoms with Crippen LogP contribution in [0.1, 0.15) is 57.2 Å². The summed E-state index contributed by atoms with van der Waals surface area (Å²) in [6, 6.07) is 0.373. The van der Waals surface area contributed by atoms with E-state index < -0.39 is 10.0 Å². The Morgan fingerprint density at radius 2 is 2.11 bits per heavy atom. The molecule has 0 unspecified atom stereocenters. The molecule has 2 rings (SSSR count). The van der Waals surface area contributed by atoms with Gasteiger partial charge in [-0.2, -0.15) is 5.10 Å². The number of aryl methyl sites for hydroxylation is 1. The fourth-order valence-electron chi connectivity index (χ4n) is 2.55. The molecular formula is C13H23N3O2S. The molecule has 1 fully saturated rings. The highest BCUT2D eigenvalue weighted by molar-refractivity contribution is 7.89. The molecule has 108 valence electrons. The van der Waals surface area contributed by atoms with Gasteiger partial charge in [-0.3, -0.25) is 4.68 Å². The number of sulfonamides is 1. The lowest BCUT2D eigenvalue weighted by atomic mass is 10.3. The summed E-state index contributed by atoms with van der Waals surface area (Å²) in [7, 11) is -3.41. The summed E-state index contributed by atoms with van der Waals surface area (Å²) in [6.07, 6.45) is 8.14. The number of hydrogen-bond acceptors (Lipinski definition) is 3. The zero-order chi connectivity index (χ0) is 13.9. The molecular weight excluding hydrogens is 262 g/mol. The third kappa shape index (κ3) is 3.36. The van der Waals surface area contributed by atoms with Crippen LogP contribution in [0.15, 0.2) is 11.1 Å². The van der Waals surface area contributed by atoms with E-state index in [1.165, 1.54) is 12.8 Å². The second kappa shape index (κ2) is 6.05. The molecule has 0 spiro atoms. The van der Waals surface area contributed by atoms with Gasteiger partial charge >= 0.3 is 0 Å². The maximum atomic E-state index is 12.2. The first-order chi connectivity index (χ1) is 9.04. The maximum absolute atomic E-state index is 12.2. The van der Waals surface area contributed by atoms with Gasteiger partial charge in [-0.1, -0.05) is 26.2 Å². The van der Waals surface area contributed by atoms with Gasteiger partial charge < -0.3 is 0 Å². The smallest absolute Gasteiger partial charge is 0.243 e. The van der Waals surface area contributed by atoms with E-state index in [1.807, 2.05) is 11.6 Å². The van der Waals surface area contributed by atoms with Crippen molar-refractivity contribution in [2.24, 2.45) is 0 Å². The lowest BCUT2D eigenvalue weighted by Gasteiger charge is -2.08. The quantitative estimate of drug-likeness (QED) is 0.816. The second-order valence-electron chi connectivity index (χ2n) is 5.25. The summed E-state index contributed by atoms with van der Waals surface area (Å²) in [5.74, 6) is 0. The van der Waals surface area contributed by atoms with E-state index in [2.05, 4.69) is 9.82 Å². The molecule has 0 aliphatic heterocycles. The molecule has 0 amide bonds. The first-order valence-corrected chi connectivity index (χ1v) is 8.58. The van der Waals surface area contributed by atoms with Gasteiger partial charge in [0.1, 0.15) is 4.90 Å². The Bertz CT molecular complexity index is 516. The van der Waals surface area contributed by atoms with Crippen molar-refractivity contribution in [2.75, 3.05) is 6.54 Å². The average molecular weight is 285 g/mol. The van der Waals surface area contributed by atoms with Crippen molar-refractivity contribution in [1.82, 2.24) is 14.5 Å². The third-order valence-electron chi connectivity index (χ3n) is 3.68. The van der Waals surface area contributed by atoms with Crippen LogP contribution in [0.4, 0.5) is 0 Å². The zero-order valence-corrected chi connectivity index (χ0v) is 12.5. The van der Waals surface area contributed by atoms with Crippen molar-refractivity contribution in [3.05, 3.63) is 11.9 Å². The van der Waals surface area contributed by atoms with Crippen LogP contribution in [-0.4, -0.2) is 24.7 Å². The molecule has 0 saturated heterocycles. The Labute approximate surface area is 115 Å². The van der Waals surface area contributed by atoms with Crippen molar-refractivity contribution in [1.29, 1.82) is 0 Å². The normalized spacial score (nSPS) is 17.2. The van der Waals surface area contributed by atoms with Crippen molar-refractivity contribution in [2.45, 2.75) is 63.3 Å². The largest absolute Gasteiger partial charge is 0.268 e. The molecule has 1 aliphatic rings. The third-order valence-corrected chi connectivity index (χ3v) is 5.25. The molecule has 0 aromatic carbocycles. The number of nitrogens with zero attached hydrogens (tertiary/aromatic N) is 2. The molecule has 0 radical (unpaired) electrons. The minimum atomic E-state index is -3.41. The van der Waals surface area contributed by atoms with Crippen LogP contribution in [0.25, 0.3) is 0 Å². The SMILES string of the molecule is CCCCNS(=O)(=O)c1cn(C2CCCC2)nc1C. The van der Waals surface area contributed by atoms with E-state index in [4.69, 9.17) is 0 Å². The van der Waals surface area contributed by atoms with Crippen molar-refractivity contribution < 1.29 is 8.42 Å². The number of hydrogen-bond donors (Lipinski definition) is 1. The minimum Gasteiger partial charge on any atom is -0.268 e. The first kappa shape index (κ1) is 14.5. The van der Waals surface area contributed by atoms with E-state index in [0.717, 1.165) is 25.7 Å². The topological polar surface area (TPSA) is 64.0 Å². The Morgan fingerprint density at radius 1 is 1.42 bits per heavy atom. The molecule has 1 aromatic heterocycles. The maximum Gasteiger partial charge on any atom is 0.243 e. The van der Waals surface area contributed by atoms with Gasteiger partial charge in [0.25, 0.3) is 0 Å². The van der Waals surface area contributed by atoms with E-state index in [0.29, 0.717) is 23.2 Å². The van der Waals surface area contributed by atoms with Crippen LogP contribution in [-0.2, 0) is 10.0 Å². The molecule has 1 N–H and O–H groups in total. The van der Waals surface area contributed by atoms with Crippen LogP contribution in [0.2, 0.25) is 0 Å². The standard InChI is InChI=1S/C13H23N3O2S/c1-3-4-9-14-19(17,18)13-10-16(15-11(13)2)12-7-5-6-8-12/h10,12,14H,3-9H2,1-2H3. The van der Waals surface area contributed by atoms with E-state index >= 15 is 0 Å². The lowest BCUT2D eigenvalue weighted by molar-refractivity contribution is 0.464. The van der Waals surface area contributed by atoms with Gasteiger partial charge in [-0.05, 0) is 26.2 Å². The second-order valence-corrected chi connectivity index (χ2v) is 6.98. The van der Waals surface area contributed by atoms with Gasteiger partial charge in [0.15, 0.2) is 0 Å². The summed E-state index contributed by atoms with van der Waals surface area (Å²) in [5.41, 5.74) is 0.593. The molecule has 1 aromatic rings. The summed E-state index contributed by atoms with van der Waals surface area (Å²) >= 11 is 0. The van der Waals surface area contributed by atoms with E-state index in [-0.39, 0.29) is 0 Å². The van der Waals surface area contributed by atoms with Gasteiger partial charge in [-0.15, -0.1) is 0 Å². The Kier molecular flexibility index (Phi) is 4.62. The summed E-state index contributed by atoms with van der Waals surface area (Å²) < 4.78 is 28.9. The average Bonchev–Trinajstić information content (AvgIpc) is 2.97. The van der Waals surface area contributed by atoms with Crippen LogP contribution in [0.5, 0.6) is 0 Å². The minimum absolute atomic E-state index is 0.329. The van der Waals surface area contributed by atoms with Crippen molar-refractivity contribution >= 4 is 10.0 Å². The fraction of sp³-hybridized carbons (Fsp3) is 0.769. The number of nitrogens with one attached hydrogen (secondary N) is 1. The van der Waals surface area contributed by atoms with Crippen LogP contribution >= 0.6 is 0 Å². The van der Waals surface area contributed by atoms with Crippen LogP contribution < -0.4 is 4.72 Å². The molecule has 1 heterocycles. The van der Waals surface area contributed by atoms with Crippen LogP contribution in [0, 0.1) is 6.92 Å². The molecule has 1 saturated carbocycles. The van der Waals surface area contributed by atoms with Crippen LogP contribution in [0.3, 0.4) is 0 Å². The molecule has 6 heteroatoms. The van der Waals surface area contributed by atoms with Crippen molar-refractivity contribution in [3.63, 3.8) is 0 Å². The molecule has 19 heavy (non-hydrogen) atoms. The highest BCUT2D eigenvalue weighted by atomic mass is 32.2. The summed E-state index contributed by atoms with van der Waals surface area (Å²) in [6.45, 7) is 4.30. The zero-order valence-electron chi connectivity index (χ0n) is 11.7. The predicted octanol–water partition coefficient (Wildman–Crippen LogP) is 2.39. The Hall–Kier alpha value is -0.880. The number of unbranched alkanes of at least 4 members (excludes halogenated alkanes) is 1. The van der Waals surface area contributed by atoms with E-state index in [9.17, 15) is 8.42 Å². The van der Waals surface area contributed by atoms with Gasteiger partial charge in [0.2, 0.25) is 10.0 Å².